The maximum absolute atomic E-state index is 12.3. The van der Waals surface area contributed by atoms with Gasteiger partial charge in [-0.25, -0.2) is 14.8 Å². The second-order valence-corrected chi connectivity index (χ2v) is 6.18. The van der Waals surface area contributed by atoms with Crippen molar-refractivity contribution in [2.45, 2.75) is 0 Å². The van der Waals surface area contributed by atoms with E-state index in [0.29, 0.717) is 28.7 Å². The molecule has 2 N–H and O–H groups in total. The Labute approximate surface area is 167 Å². The van der Waals surface area contributed by atoms with Crippen molar-refractivity contribution in [3.05, 3.63) is 67.1 Å². The number of carbonyl (C=O) groups excluding carboxylic acids is 1. The fraction of sp³-hybridized carbons (Fsp3) is 0.0952. The first-order chi connectivity index (χ1) is 14.2. The molecule has 29 heavy (non-hydrogen) atoms. The van der Waals surface area contributed by atoms with Crippen LogP contribution >= 0.6 is 0 Å². The SMILES string of the molecule is COc1ccc(NC(=O)Nc2ccc(-c3cn4cccnc4n3)cc2)cc1OC. The molecule has 0 aliphatic rings. The zero-order valence-electron chi connectivity index (χ0n) is 15.9. The number of imidazole rings is 1. The molecule has 0 radical (unpaired) electrons. The standard InChI is InChI=1S/C21H19N5O3/c1-28-18-9-8-16(12-19(18)29-2)24-21(27)23-15-6-4-14(5-7-15)17-13-26-11-3-10-22-20(26)25-17/h3-13H,1-2H3,(H2,23,24,27). The largest absolute Gasteiger partial charge is 0.493 e. The van der Waals surface area contributed by atoms with Gasteiger partial charge in [0.25, 0.3) is 0 Å². The third kappa shape index (κ3) is 3.96. The highest BCUT2D eigenvalue weighted by atomic mass is 16.5. The van der Waals surface area contributed by atoms with Gasteiger partial charge < -0.3 is 20.1 Å². The van der Waals surface area contributed by atoms with Crippen LogP contribution < -0.4 is 20.1 Å². The first kappa shape index (κ1) is 18.3. The molecule has 8 nitrogen and oxygen atoms in total. The van der Waals surface area contributed by atoms with E-state index < -0.39 is 0 Å². The summed E-state index contributed by atoms with van der Waals surface area (Å²) in [5, 5.41) is 5.57. The molecule has 8 heteroatoms. The molecule has 2 heterocycles. The van der Waals surface area contributed by atoms with Crippen LogP contribution in [0.4, 0.5) is 16.2 Å². The zero-order chi connectivity index (χ0) is 20.2. The van der Waals surface area contributed by atoms with E-state index in [1.807, 2.05) is 47.1 Å². The average Bonchev–Trinajstić information content (AvgIpc) is 3.18. The van der Waals surface area contributed by atoms with Crippen LogP contribution in [0, 0.1) is 0 Å². The Kier molecular flexibility index (Phi) is 4.98. The maximum Gasteiger partial charge on any atom is 0.323 e. The summed E-state index contributed by atoms with van der Waals surface area (Å²) in [7, 11) is 3.10. The number of anilines is 2. The summed E-state index contributed by atoms with van der Waals surface area (Å²) in [6, 6.07) is 14.1. The molecule has 0 unspecified atom stereocenters. The Hall–Kier alpha value is -4.07. The number of aromatic nitrogens is 3. The van der Waals surface area contributed by atoms with Crippen LogP contribution in [0.2, 0.25) is 0 Å². The molecule has 0 bridgehead atoms. The van der Waals surface area contributed by atoms with E-state index in [4.69, 9.17) is 9.47 Å². The molecule has 0 fully saturated rings. The number of hydrogen-bond donors (Lipinski definition) is 2. The Morgan fingerprint density at radius 3 is 2.41 bits per heavy atom. The van der Waals surface area contributed by atoms with E-state index in [0.717, 1.165) is 11.3 Å². The second kappa shape index (κ2) is 7.89. The number of benzene rings is 2. The molecular weight excluding hydrogens is 370 g/mol. The predicted molar refractivity (Wildman–Crippen MR) is 111 cm³/mol. The van der Waals surface area contributed by atoms with Crippen LogP contribution in [-0.4, -0.2) is 34.6 Å². The van der Waals surface area contributed by atoms with Crippen molar-refractivity contribution in [2.24, 2.45) is 0 Å². The number of amides is 2. The molecule has 0 spiro atoms. The fourth-order valence-electron chi connectivity index (χ4n) is 2.90. The lowest BCUT2D eigenvalue weighted by atomic mass is 10.1. The number of methoxy groups -OCH3 is 2. The number of fused-ring (bicyclic) bond motifs is 1. The van der Waals surface area contributed by atoms with Crippen molar-refractivity contribution >= 4 is 23.2 Å². The Bertz CT molecular complexity index is 1120. The highest BCUT2D eigenvalue weighted by Crippen LogP contribution is 2.29. The van der Waals surface area contributed by atoms with E-state index in [2.05, 4.69) is 20.6 Å². The Morgan fingerprint density at radius 1 is 0.966 bits per heavy atom. The third-order valence-electron chi connectivity index (χ3n) is 4.32. The van der Waals surface area contributed by atoms with Gasteiger partial charge in [0.1, 0.15) is 0 Å². The van der Waals surface area contributed by atoms with Gasteiger partial charge in [0.15, 0.2) is 11.5 Å². The maximum atomic E-state index is 12.3. The lowest BCUT2D eigenvalue weighted by molar-refractivity contribution is 0.262. The van der Waals surface area contributed by atoms with Gasteiger partial charge in [-0.2, -0.15) is 0 Å². The van der Waals surface area contributed by atoms with Gasteiger partial charge in [-0.3, -0.25) is 4.40 Å². The van der Waals surface area contributed by atoms with Crippen LogP contribution in [-0.2, 0) is 0 Å². The summed E-state index contributed by atoms with van der Waals surface area (Å²) < 4.78 is 12.3. The highest BCUT2D eigenvalue weighted by molar-refractivity contribution is 6.00. The number of ether oxygens (including phenoxy) is 2. The van der Waals surface area contributed by atoms with Gasteiger partial charge in [0.2, 0.25) is 5.78 Å². The molecule has 146 valence electrons. The smallest absolute Gasteiger partial charge is 0.323 e. The summed E-state index contributed by atoms with van der Waals surface area (Å²) >= 11 is 0. The van der Waals surface area contributed by atoms with E-state index in [-0.39, 0.29) is 6.03 Å². The average molecular weight is 389 g/mol. The van der Waals surface area contributed by atoms with Crippen molar-refractivity contribution < 1.29 is 14.3 Å². The molecule has 0 aliphatic carbocycles. The minimum atomic E-state index is -0.359. The third-order valence-corrected chi connectivity index (χ3v) is 4.32. The van der Waals surface area contributed by atoms with Gasteiger partial charge in [0, 0.05) is 41.6 Å². The van der Waals surface area contributed by atoms with Crippen LogP contribution in [0.5, 0.6) is 11.5 Å². The molecular formula is C21H19N5O3. The van der Waals surface area contributed by atoms with Gasteiger partial charge in [-0.05, 0) is 30.3 Å². The molecule has 2 amide bonds. The van der Waals surface area contributed by atoms with Crippen LogP contribution in [0.1, 0.15) is 0 Å². The van der Waals surface area contributed by atoms with E-state index in [1.54, 1.807) is 38.6 Å². The van der Waals surface area contributed by atoms with E-state index in [1.165, 1.54) is 0 Å². The molecule has 2 aromatic carbocycles. The molecule has 0 atom stereocenters. The predicted octanol–water partition coefficient (Wildman–Crippen LogP) is 4.06. The van der Waals surface area contributed by atoms with E-state index >= 15 is 0 Å². The number of urea groups is 1. The van der Waals surface area contributed by atoms with Crippen LogP contribution in [0.3, 0.4) is 0 Å². The fourth-order valence-corrected chi connectivity index (χ4v) is 2.90. The highest BCUT2D eigenvalue weighted by Gasteiger charge is 2.09. The summed E-state index contributed by atoms with van der Waals surface area (Å²) in [5.74, 6) is 1.77. The number of rotatable bonds is 5. The lowest BCUT2D eigenvalue weighted by Crippen LogP contribution is -2.19. The zero-order valence-corrected chi connectivity index (χ0v) is 15.9. The normalized spacial score (nSPS) is 10.6. The summed E-state index contributed by atoms with van der Waals surface area (Å²) in [5.41, 5.74) is 2.99. The number of nitrogens with zero attached hydrogens (tertiary/aromatic N) is 3. The van der Waals surface area contributed by atoms with Gasteiger partial charge >= 0.3 is 6.03 Å². The Morgan fingerprint density at radius 2 is 1.69 bits per heavy atom. The molecule has 4 rings (SSSR count). The van der Waals surface area contributed by atoms with Gasteiger partial charge in [0.05, 0.1) is 19.9 Å². The molecule has 0 aliphatic heterocycles. The van der Waals surface area contributed by atoms with Crippen molar-refractivity contribution in [3.8, 4) is 22.8 Å². The van der Waals surface area contributed by atoms with Gasteiger partial charge in [-0.1, -0.05) is 12.1 Å². The van der Waals surface area contributed by atoms with Crippen molar-refractivity contribution in [1.82, 2.24) is 14.4 Å². The van der Waals surface area contributed by atoms with Crippen molar-refractivity contribution in [3.63, 3.8) is 0 Å². The Balaban J connectivity index is 1.44. The van der Waals surface area contributed by atoms with Gasteiger partial charge in [-0.15, -0.1) is 0 Å². The quantitative estimate of drug-likeness (QED) is 0.537. The first-order valence-corrected chi connectivity index (χ1v) is 8.86. The lowest BCUT2D eigenvalue weighted by Gasteiger charge is -2.11. The molecule has 0 saturated heterocycles. The first-order valence-electron chi connectivity index (χ1n) is 8.86. The van der Waals surface area contributed by atoms with E-state index in [9.17, 15) is 4.79 Å². The van der Waals surface area contributed by atoms with Crippen LogP contribution in [0.15, 0.2) is 67.1 Å². The van der Waals surface area contributed by atoms with Crippen LogP contribution in [0.25, 0.3) is 17.0 Å². The number of nitrogens with one attached hydrogen (secondary N) is 2. The molecule has 2 aromatic heterocycles. The molecule has 4 aromatic rings. The summed E-state index contributed by atoms with van der Waals surface area (Å²) in [4.78, 5) is 21.0. The van der Waals surface area contributed by atoms with Crippen molar-refractivity contribution in [2.75, 3.05) is 24.9 Å². The number of hydrogen-bond acceptors (Lipinski definition) is 5. The molecule has 0 saturated carbocycles. The monoisotopic (exact) mass is 389 g/mol. The van der Waals surface area contributed by atoms with Crippen molar-refractivity contribution in [1.29, 1.82) is 0 Å². The summed E-state index contributed by atoms with van der Waals surface area (Å²) in [6.45, 7) is 0. The number of carbonyl (C=O) groups is 1. The second-order valence-electron chi connectivity index (χ2n) is 6.18. The summed E-state index contributed by atoms with van der Waals surface area (Å²) in [6.07, 6.45) is 5.51. The topological polar surface area (TPSA) is 89.8 Å². The minimum Gasteiger partial charge on any atom is -0.493 e. The minimum absolute atomic E-state index is 0.359.